The van der Waals surface area contributed by atoms with Gasteiger partial charge in [-0.05, 0) is 31.8 Å². The van der Waals surface area contributed by atoms with Gasteiger partial charge in [0.15, 0.2) is 23.3 Å². The number of nitrogens with zero attached hydrogens (tertiary/aromatic N) is 4. The molecule has 1 saturated heterocycles. The maximum absolute atomic E-state index is 14.5. The molecule has 2 aliphatic heterocycles. The van der Waals surface area contributed by atoms with E-state index in [0.29, 0.717) is 23.4 Å². The number of carboxylic acids is 1. The van der Waals surface area contributed by atoms with E-state index in [2.05, 4.69) is 14.8 Å². The Morgan fingerprint density at radius 2 is 1.97 bits per heavy atom. The van der Waals surface area contributed by atoms with Crippen molar-refractivity contribution in [3.63, 3.8) is 0 Å². The molecule has 0 radical (unpaired) electrons. The van der Waals surface area contributed by atoms with Crippen LogP contribution in [0.25, 0.3) is 0 Å². The predicted molar refractivity (Wildman–Crippen MR) is 106 cm³/mol. The molecule has 7 nitrogen and oxygen atoms in total. The highest BCUT2D eigenvalue weighted by molar-refractivity contribution is 5.91. The quantitative estimate of drug-likeness (QED) is 0.813. The Morgan fingerprint density at radius 1 is 1.24 bits per heavy atom. The Morgan fingerprint density at radius 3 is 2.62 bits per heavy atom. The zero-order valence-electron chi connectivity index (χ0n) is 16.1. The van der Waals surface area contributed by atoms with Crippen molar-refractivity contribution in [1.29, 1.82) is 0 Å². The number of halogens is 2. The van der Waals surface area contributed by atoms with Gasteiger partial charge in [-0.15, -0.1) is 0 Å². The van der Waals surface area contributed by atoms with Crippen LogP contribution in [0.4, 0.5) is 31.8 Å². The lowest BCUT2D eigenvalue weighted by Crippen LogP contribution is -2.57. The second-order valence-electron chi connectivity index (χ2n) is 7.50. The molecule has 2 aromatic rings. The Balaban J connectivity index is 1.76. The maximum Gasteiger partial charge on any atom is 0.333 e. The first-order valence-electron chi connectivity index (χ1n) is 9.13. The van der Waals surface area contributed by atoms with Gasteiger partial charge < -0.3 is 20.6 Å². The summed E-state index contributed by atoms with van der Waals surface area (Å²) in [5.74, 6) is -3.69. The minimum atomic E-state index is -1.11. The molecule has 1 aromatic carbocycles. The number of nitrogens with two attached hydrogens (primary N) is 1. The molecule has 4 rings (SSSR count). The molecule has 0 aliphatic carbocycles. The molecule has 2 aliphatic rings. The molecule has 0 saturated carbocycles. The van der Waals surface area contributed by atoms with E-state index >= 15 is 0 Å². The van der Waals surface area contributed by atoms with Gasteiger partial charge in [0.25, 0.3) is 0 Å². The molecule has 0 spiro atoms. The number of aliphatic carboxylic acids is 1. The third-order valence-corrected chi connectivity index (χ3v) is 5.39. The van der Waals surface area contributed by atoms with Crippen molar-refractivity contribution < 1.29 is 18.7 Å². The fourth-order valence-corrected chi connectivity index (χ4v) is 3.54. The van der Waals surface area contributed by atoms with E-state index in [0.717, 1.165) is 18.8 Å². The molecule has 1 fully saturated rings. The minimum Gasteiger partial charge on any atom is -0.478 e. The van der Waals surface area contributed by atoms with Gasteiger partial charge in [0, 0.05) is 43.5 Å². The Bertz CT molecular complexity index is 1020. The lowest BCUT2D eigenvalue weighted by atomic mass is 9.97. The van der Waals surface area contributed by atoms with Gasteiger partial charge in [-0.2, -0.15) is 0 Å². The Kier molecular flexibility index (Phi) is 4.62. The number of carbonyl (C=O) groups is 1. The van der Waals surface area contributed by atoms with Crippen molar-refractivity contribution in [2.24, 2.45) is 0 Å². The molecule has 3 heterocycles. The van der Waals surface area contributed by atoms with Crippen molar-refractivity contribution in [3.05, 3.63) is 53.2 Å². The van der Waals surface area contributed by atoms with Crippen LogP contribution >= 0.6 is 0 Å². The van der Waals surface area contributed by atoms with Crippen LogP contribution in [0, 0.1) is 11.6 Å². The number of carboxylic acid groups (broad SMARTS) is 1. The lowest BCUT2D eigenvalue weighted by molar-refractivity contribution is -0.132. The summed E-state index contributed by atoms with van der Waals surface area (Å²) in [6.45, 7) is 1.72. The van der Waals surface area contributed by atoms with E-state index in [1.54, 1.807) is 0 Å². The number of benzene rings is 1. The van der Waals surface area contributed by atoms with E-state index in [4.69, 9.17) is 5.73 Å². The van der Waals surface area contributed by atoms with Crippen molar-refractivity contribution in [3.8, 4) is 0 Å². The number of hydrogen-bond donors (Lipinski definition) is 2. The van der Waals surface area contributed by atoms with Gasteiger partial charge in [0.05, 0.1) is 11.3 Å². The normalized spacial score (nSPS) is 16.5. The summed E-state index contributed by atoms with van der Waals surface area (Å²) in [5, 5.41) is 9.46. The molecule has 0 amide bonds. The van der Waals surface area contributed by atoms with Crippen LogP contribution in [-0.4, -0.2) is 54.2 Å². The van der Waals surface area contributed by atoms with Crippen LogP contribution in [0.1, 0.15) is 5.56 Å². The highest BCUT2D eigenvalue weighted by Gasteiger charge is 2.31. The summed E-state index contributed by atoms with van der Waals surface area (Å²) in [4.78, 5) is 21.1. The molecular formula is C20H21F2N5O2. The van der Waals surface area contributed by atoms with E-state index in [1.807, 2.05) is 32.3 Å². The van der Waals surface area contributed by atoms with Crippen molar-refractivity contribution in [2.75, 3.05) is 42.7 Å². The molecule has 9 heteroatoms. The SMILES string of the molecule is CN(C)C1CN(c2ccc3c(c2)N(c2nc(N)c(F)cc2F)C=C(C(=O)O)C3)C1. The fraction of sp³-hybridized carbons (Fsp3) is 0.300. The Labute approximate surface area is 166 Å². The monoisotopic (exact) mass is 401 g/mol. The van der Waals surface area contributed by atoms with Crippen LogP contribution < -0.4 is 15.5 Å². The highest BCUT2D eigenvalue weighted by Crippen LogP contribution is 2.39. The number of anilines is 4. The maximum atomic E-state index is 14.5. The van der Waals surface area contributed by atoms with Gasteiger partial charge in [-0.25, -0.2) is 18.6 Å². The summed E-state index contributed by atoms with van der Waals surface area (Å²) in [5.41, 5.74) is 7.85. The van der Waals surface area contributed by atoms with Gasteiger partial charge in [-0.3, -0.25) is 4.90 Å². The van der Waals surface area contributed by atoms with Crippen LogP contribution in [0.2, 0.25) is 0 Å². The van der Waals surface area contributed by atoms with Gasteiger partial charge in [-0.1, -0.05) is 6.07 Å². The summed E-state index contributed by atoms with van der Waals surface area (Å²) in [6.07, 6.45) is 1.51. The van der Waals surface area contributed by atoms with Crippen LogP contribution in [0.5, 0.6) is 0 Å². The van der Waals surface area contributed by atoms with E-state index in [9.17, 15) is 18.7 Å². The number of nitrogen functional groups attached to an aromatic ring is 1. The molecular weight excluding hydrogens is 380 g/mol. The van der Waals surface area contributed by atoms with Crippen LogP contribution in [0.3, 0.4) is 0 Å². The van der Waals surface area contributed by atoms with E-state index < -0.39 is 23.4 Å². The minimum absolute atomic E-state index is 0.0750. The van der Waals surface area contributed by atoms with E-state index in [1.165, 1.54) is 11.1 Å². The Hall–Kier alpha value is -3.20. The number of pyridine rings is 1. The number of rotatable bonds is 4. The zero-order chi connectivity index (χ0) is 20.9. The number of likely N-dealkylation sites (N-methyl/N-ethyl adjacent to an activating group) is 1. The average Bonchev–Trinajstić information content (AvgIpc) is 2.62. The molecule has 29 heavy (non-hydrogen) atoms. The molecule has 0 atom stereocenters. The molecule has 1 aromatic heterocycles. The topological polar surface area (TPSA) is 85.9 Å². The molecule has 0 unspecified atom stereocenters. The standard InChI is InChI=1S/C20H21F2N5O2/c1-25(2)14-9-26(10-14)13-4-3-11-5-12(20(28)29)8-27(17(11)6-13)19-16(22)7-15(21)18(23)24-19/h3-4,6-8,14H,5,9-10H2,1-2H3,(H2,23,24)(H,28,29). The lowest BCUT2D eigenvalue weighted by Gasteiger charge is -2.44. The third-order valence-electron chi connectivity index (χ3n) is 5.39. The second kappa shape index (κ2) is 7.00. The van der Waals surface area contributed by atoms with Gasteiger partial charge >= 0.3 is 5.97 Å². The first-order valence-corrected chi connectivity index (χ1v) is 9.13. The number of hydrogen-bond acceptors (Lipinski definition) is 6. The first-order chi connectivity index (χ1) is 13.7. The number of aromatic nitrogens is 1. The van der Waals surface area contributed by atoms with Crippen molar-refractivity contribution in [2.45, 2.75) is 12.5 Å². The van der Waals surface area contributed by atoms with Crippen LogP contribution in [-0.2, 0) is 11.2 Å². The largest absolute Gasteiger partial charge is 0.478 e. The van der Waals surface area contributed by atoms with Crippen LogP contribution in [0.15, 0.2) is 36.0 Å². The van der Waals surface area contributed by atoms with E-state index in [-0.39, 0.29) is 17.8 Å². The fourth-order valence-electron chi connectivity index (χ4n) is 3.54. The van der Waals surface area contributed by atoms with Crippen molar-refractivity contribution >= 4 is 29.0 Å². The average molecular weight is 401 g/mol. The summed E-state index contributed by atoms with van der Waals surface area (Å²) in [7, 11) is 4.06. The smallest absolute Gasteiger partial charge is 0.333 e. The summed E-state index contributed by atoms with van der Waals surface area (Å²) < 4.78 is 28.1. The van der Waals surface area contributed by atoms with Gasteiger partial charge in [0.2, 0.25) is 0 Å². The first kappa shape index (κ1) is 19.1. The molecule has 0 bridgehead atoms. The predicted octanol–water partition coefficient (Wildman–Crippen LogP) is 2.35. The summed E-state index contributed by atoms with van der Waals surface area (Å²) >= 11 is 0. The second-order valence-corrected chi connectivity index (χ2v) is 7.50. The number of fused-ring (bicyclic) bond motifs is 1. The molecule has 152 valence electrons. The zero-order valence-corrected chi connectivity index (χ0v) is 16.1. The highest BCUT2D eigenvalue weighted by atomic mass is 19.1. The third kappa shape index (κ3) is 3.38. The molecule has 3 N–H and O–H groups in total. The van der Waals surface area contributed by atoms with Gasteiger partial charge in [0.1, 0.15) is 0 Å². The summed E-state index contributed by atoms with van der Waals surface area (Å²) in [6, 6.07) is 6.74. The van der Waals surface area contributed by atoms with Crippen molar-refractivity contribution in [1.82, 2.24) is 9.88 Å².